The van der Waals surface area contributed by atoms with Gasteiger partial charge in [-0.05, 0) is 11.1 Å². The summed E-state index contributed by atoms with van der Waals surface area (Å²) < 4.78 is 10.9. The smallest absolute Gasteiger partial charge is 0.0849 e. The second kappa shape index (κ2) is 5.10. The first kappa shape index (κ1) is 10.4. The van der Waals surface area contributed by atoms with Crippen LogP contribution in [0.1, 0.15) is 12.0 Å². The average molecular weight is 204 g/mol. The zero-order valence-corrected chi connectivity index (χ0v) is 8.82. The minimum atomic E-state index is 0.173. The summed E-state index contributed by atoms with van der Waals surface area (Å²) in [7, 11) is 0. The molecule has 1 fully saturated rings. The molecule has 15 heavy (non-hydrogen) atoms. The van der Waals surface area contributed by atoms with Gasteiger partial charge in [0.15, 0.2) is 0 Å². The highest BCUT2D eigenvalue weighted by molar-refractivity contribution is 5.63. The molecule has 0 aliphatic carbocycles. The Morgan fingerprint density at radius 3 is 2.73 bits per heavy atom. The number of hydrogen-bond acceptors (Lipinski definition) is 2. The third-order valence-corrected chi connectivity index (χ3v) is 2.54. The highest BCUT2D eigenvalue weighted by Crippen LogP contribution is 2.20. The van der Waals surface area contributed by atoms with E-state index in [1.54, 1.807) is 0 Å². The lowest BCUT2D eigenvalue weighted by Gasteiger charge is -2.23. The van der Waals surface area contributed by atoms with E-state index in [0.717, 1.165) is 12.0 Å². The van der Waals surface area contributed by atoms with Crippen molar-refractivity contribution in [3.8, 4) is 0 Å². The van der Waals surface area contributed by atoms with Gasteiger partial charge in [0.25, 0.3) is 0 Å². The molecule has 1 aromatic carbocycles. The summed E-state index contributed by atoms with van der Waals surface area (Å²) in [5.74, 6) is 0. The number of hydrogen-bond donors (Lipinski definition) is 0. The first-order chi connectivity index (χ1) is 7.36. The number of benzene rings is 1. The Hall–Kier alpha value is -1.12. The lowest BCUT2D eigenvalue weighted by atomic mass is 10.0. The second-order valence-corrected chi connectivity index (χ2v) is 3.74. The zero-order chi connectivity index (χ0) is 10.5. The van der Waals surface area contributed by atoms with E-state index in [-0.39, 0.29) is 6.10 Å². The fraction of sp³-hybridized carbons (Fsp3) is 0.385. The van der Waals surface area contributed by atoms with Crippen LogP contribution in [0.2, 0.25) is 0 Å². The highest BCUT2D eigenvalue weighted by atomic mass is 16.6. The summed E-state index contributed by atoms with van der Waals surface area (Å²) in [5.41, 5.74) is 2.30. The van der Waals surface area contributed by atoms with Crippen molar-refractivity contribution in [2.75, 3.05) is 19.8 Å². The summed E-state index contributed by atoms with van der Waals surface area (Å²) >= 11 is 0. The summed E-state index contributed by atoms with van der Waals surface area (Å²) in [5, 5.41) is 0. The Morgan fingerprint density at radius 1 is 1.27 bits per heavy atom. The maximum Gasteiger partial charge on any atom is 0.0849 e. The molecule has 1 unspecified atom stereocenters. The maximum atomic E-state index is 5.58. The molecule has 2 nitrogen and oxygen atoms in total. The van der Waals surface area contributed by atoms with Crippen LogP contribution in [0.4, 0.5) is 0 Å². The molecular weight excluding hydrogens is 188 g/mol. The number of ether oxygens (including phenoxy) is 2. The van der Waals surface area contributed by atoms with Crippen LogP contribution in [0.3, 0.4) is 0 Å². The lowest BCUT2D eigenvalue weighted by Crippen LogP contribution is -2.28. The van der Waals surface area contributed by atoms with Crippen molar-refractivity contribution < 1.29 is 9.47 Å². The molecule has 1 aliphatic heterocycles. The largest absolute Gasteiger partial charge is 0.376 e. The van der Waals surface area contributed by atoms with Crippen molar-refractivity contribution in [2.45, 2.75) is 12.5 Å². The van der Waals surface area contributed by atoms with E-state index >= 15 is 0 Å². The molecule has 0 aromatic heterocycles. The van der Waals surface area contributed by atoms with Gasteiger partial charge in [-0.1, -0.05) is 36.9 Å². The molecule has 0 amide bonds. The van der Waals surface area contributed by atoms with Gasteiger partial charge in [-0.15, -0.1) is 0 Å². The van der Waals surface area contributed by atoms with Crippen LogP contribution in [-0.2, 0) is 9.47 Å². The van der Waals surface area contributed by atoms with E-state index in [1.165, 1.54) is 5.56 Å². The van der Waals surface area contributed by atoms with Gasteiger partial charge in [-0.25, -0.2) is 0 Å². The predicted octanol–water partition coefficient (Wildman–Crippen LogP) is 2.51. The first-order valence-electron chi connectivity index (χ1n) is 5.29. The Morgan fingerprint density at radius 2 is 2.07 bits per heavy atom. The van der Waals surface area contributed by atoms with Crippen molar-refractivity contribution in [3.63, 3.8) is 0 Å². The van der Waals surface area contributed by atoms with Gasteiger partial charge >= 0.3 is 0 Å². The van der Waals surface area contributed by atoms with Gasteiger partial charge in [-0.3, -0.25) is 0 Å². The quantitative estimate of drug-likeness (QED) is 0.753. The topological polar surface area (TPSA) is 18.5 Å². The van der Waals surface area contributed by atoms with E-state index in [4.69, 9.17) is 9.47 Å². The van der Waals surface area contributed by atoms with Crippen molar-refractivity contribution in [1.82, 2.24) is 0 Å². The monoisotopic (exact) mass is 204 g/mol. The van der Waals surface area contributed by atoms with Crippen molar-refractivity contribution >= 4 is 5.57 Å². The summed E-state index contributed by atoms with van der Waals surface area (Å²) in [6, 6.07) is 10.2. The molecular formula is C13H16O2. The van der Waals surface area contributed by atoms with Gasteiger partial charge in [0.2, 0.25) is 0 Å². The summed E-state index contributed by atoms with van der Waals surface area (Å²) in [6.45, 7) is 6.19. The number of rotatable bonds is 3. The minimum absolute atomic E-state index is 0.173. The molecule has 0 N–H and O–H groups in total. The second-order valence-electron chi connectivity index (χ2n) is 3.74. The molecule has 0 bridgehead atoms. The van der Waals surface area contributed by atoms with Gasteiger partial charge in [0, 0.05) is 6.42 Å². The van der Waals surface area contributed by atoms with E-state index in [2.05, 4.69) is 18.7 Å². The zero-order valence-electron chi connectivity index (χ0n) is 8.82. The molecule has 0 radical (unpaired) electrons. The van der Waals surface area contributed by atoms with E-state index in [0.29, 0.717) is 19.8 Å². The molecule has 1 heterocycles. The van der Waals surface area contributed by atoms with Crippen molar-refractivity contribution in [3.05, 3.63) is 42.5 Å². The normalized spacial score (nSPS) is 21.2. The molecule has 2 rings (SSSR count). The lowest BCUT2D eigenvalue weighted by molar-refractivity contribution is -0.0852. The summed E-state index contributed by atoms with van der Waals surface area (Å²) in [6.07, 6.45) is 1.02. The van der Waals surface area contributed by atoms with Crippen molar-refractivity contribution in [2.24, 2.45) is 0 Å². The highest BCUT2D eigenvalue weighted by Gasteiger charge is 2.15. The van der Waals surface area contributed by atoms with Crippen molar-refractivity contribution in [1.29, 1.82) is 0 Å². The van der Waals surface area contributed by atoms with E-state index < -0.39 is 0 Å². The summed E-state index contributed by atoms with van der Waals surface area (Å²) in [4.78, 5) is 0. The Kier molecular flexibility index (Phi) is 3.54. The van der Waals surface area contributed by atoms with Crippen LogP contribution < -0.4 is 0 Å². The predicted molar refractivity (Wildman–Crippen MR) is 60.7 cm³/mol. The van der Waals surface area contributed by atoms with E-state index in [1.807, 2.05) is 18.2 Å². The van der Waals surface area contributed by atoms with Crippen LogP contribution in [-0.4, -0.2) is 25.9 Å². The average Bonchev–Trinajstić information content (AvgIpc) is 2.31. The van der Waals surface area contributed by atoms with Gasteiger partial charge in [-0.2, -0.15) is 0 Å². The molecule has 80 valence electrons. The Balaban J connectivity index is 1.91. The molecule has 1 saturated heterocycles. The molecule has 2 heteroatoms. The SMILES string of the molecule is C=C(CC1COCCO1)c1ccccc1. The third-order valence-electron chi connectivity index (χ3n) is 2.54. The molecule has 1 aliphatic rings. The van der Waals surface area contributed by atoms with Gasteiger partial charge < -0.3 is 9.47 Å². The fourth-order valence-corrected chi connectivity index (χ4v) is 1.72. The van der Waals surface area contributed by atoms with Crippen LogP contribution >= 0.6 is 0 Å². The molecule has 0 spiro atoms. The minimum Gasteiger partial charge on any atom is -0.376 e. The Bertz CT molecular complexity index is 313. The maximum absolute atomic E-state index is 5.58. The third kappa shape index (κ3) is 2.91. The molecule has 1 atom stereocenters. The molecule has 0 saturated carbocycles. The van der Waals surface area contributed by atoms with Gasteiger partial charge in [0.1, 0.15) is 0 Å². The van der Waals surface area contributed by atoms with Gasteiger partial charge in [0.05, 0.1) is 25.9 Å². The molecule has 1 aromatic rings. The van der Waals surface area contributed by atoms with Crippen LogP contribution in [0, 0.1) is 0 Å². The fourth-order valence-electron chi connectivity index (χ4n) is 1.72. The van der Waals surface area contributed by atoms with E-state index in [9.17, 15) is 0 Å². The Labute approximate surface area is 90.5 Å². The first-order valence-corrected chi connectivity index (χ1v) is 5.29. The standard InChI is InChI=1S/C13H16O2/c1-11(12-5-3-2-4-6-12)9-13-10-14-7-8-15-13/h2-6,13H,1,7-10H2. The van der Waals surface area contributed by atoms with Crippen LogP contribution in [0.25, 0.3) is 5.57 Å². The van der Waals surface area contributed by atoms with Crippen LogP contribution in [0.5, 0.6) is 0 Å². The van der Waals surface area contributed by atoms with Crippen LogP contribution in [0.15, 0.2) is 36.9 Å².